The fourth-order valence-electron chi connectivity index (χ4n) is 2.71. The van der Waals surface area contributed by atoms with E-state index in [0.717, 1.165) is 28.2 Å². The second kappa shape index (κ2) is 5.65. The van der Waals surface area contributed by atoms with Gasteiger partial charge in [-0.2, -0.15) is 0 Å². The van der Waals surface area contributed by atoms with Crippen LogP contribution in [0.4, 0.5) is 4.39 Å². The Bertz CT molecular complexity index is 943. The van der Waals surface area contributed by atoms with E-state index in [0.29, 0.717) is 6.42 Å². The van der Waals surface area contributed by atoms with Gasteiger partial charge in [0.1, 0.15) is 17.2 Å². The largest absolute Gasteiger partial charge is 0.280 e. The normalized spacial score (nSPS) is 11.0. The maximum absolute atomic E-state index is 13.1. The van der Waals surface area contributed by atoms with Crippen molar-refractivity contribution in [2.75, 3.05) is 0 Å². The summed E-state index contributed by atoms with van der Waals surface area (Å²) in [4.78, 5) is 9.19. The van der Waals surface area contributed by atoms with Crippen molar-refractivity contribution in [1.29, 1.82) is 0 Å². The first-order chi connectivity index (χ1) is 11.3. The predicted octanol–water partition coefficient (Wildman–Crippen LogP) is 4.15. The minimum Gasteiger partial charge on any atom is -0.280 e. The Labute approximate surface area is 133 Å². The van der Waals surface area contributed by atoms with E-state index in [1.165, 1.54) is 12.1 Å². The molecule has 2 heterocycles. The van der Waals surface area contributed by atoms with Gasteiger partial charge in [-0.1, -0.05) is 30.3 Å². The molecule has 0 saturated heterocycles. The van der Waals surface area contributed by atoms with Gasteiger partial charge in [-0.05, 0) is 42.0 Å². The van der Waals surface area contributed by atoms with Crippen molar-refractivity contribution in [3.8, 4) is 5.69 Å². The zero-order valence-corrected chi connectivity index (χ0v) is 12.4. The minimum atomic E-state index is -0.230. The van der Waals surface area contributed by atoms with Crippen LogP contribution in [0.3, 0.4) is 0 Å². The van der Waals surface area contributed by atoms with E-state index in [1.54, 1.807) is 18.3 Å². The second-order valence-electron chi connectivity index (χ2n) is 5.35. The molecule has 3 nitrogen and oxygen atoms in total. The van der Waals surface area contributed by atoms with E-state index >= 15 is 0 Å². The lowest BCUT2D eigenvalue weighted by molar-refractivity contribution is 0.627. The molecule has 0 amide bonds. The van der Waals surface area contributed by atoms with Crippen LogP contribution in [0, 0.1) is 5.82 Å². The van der Waals surface area contributed by atoms with Crippen LogP contribution in [-0.2, 0) is 6.42 Å². The molecule has 0 radical (unpaired) electrons. The highest BCUT2D eigenvalue weighted by atomic mass is 19.1. The second-order valence-corrected chi connectivity index (χ2v) is 5.35. The quantitative estimate of drug-likeness (QED) is 0.569. The molecule has 0 saturated carbocycles. The lowest BCUT2D eigenvalue weighted by Crippen LogP contribution is -2.03. The number of hydrogen-bond acceptors (Lipinski definition) is 2. The van der Waals surface area contributed by atoms with Crippen LogP contribution in [0.15, 0.2) is 72.9 Å². The number of nitrogens with zero attached hydrogens (tertiary/aromatic N) is 3. The molecule has 0 fully saturated rings. The van der Waals surface area contributed by atoms with Gasteiger partial charge in [-0.15, -0.1) is 0 Å². The van der Waals surface area contributed by atoms with E-state index in [-0.39, 0.29) is 5.82 Å². The number of fused-ring (bicyclic) bond motifs is 1. The molecule has 4 rings (SSSR count). The molecule has 0 unspecified atom stereocenters. The van der Waals surface area contributed by atoms with Crippen molar-refractivity contribution >= 4 is 11.2 Å². The van der Waals surface area contributed by atoms with Gasteiger partial charge in [0, 0.05) is 18.3 Å². The fourth-order valence-corrected chi connectivity index (χ4v) is 2.71. The van der Waals surface area contributed by atoms with Gasteiger partial charge < -0.3 is 0 Å². The Morgan fingerprint density at radius 2 is 1.65 bits per heavy atom. The molecular formula is C19H14FN3. The summed E-state index contributed by atoms with van der Waals surface area (Å²) in [7, 11) is 0. The van der Waals surface area contributed by atoms with Gasteiger partial charge in [0.2, 0.25) is 0 Å². The van der Waals surface area contributed by atoms with Crippen molar-refractivity contribution in [1.82, 2.24) is 14.5 Å². The van der Waals surface area contributed by atoms with Gasteiger partial charge in [-0.25, -0.2) is 14.4 Å². The average molecular weight is 303 g/mol. The monoisotopic (exact) mass is 303 g/mol. The molecule has 4 heteroatoms. The lowest BCUT2D eigenvalue weighted by Gasteiger charge is -2.08. The van der Waals surface area contributed by atoms with Crippen LogP contribution >= 0.6 is 0 Å². The molecule has 2 aromatic heterocycles. The van der Waals surface area contributed by atoms with Crippen molar-refractivity contribution in [2.24, 2.45) is 0 Å². The number of hydrogen-bond donors (Lipinski definition) is 0. The Morgan fingerprint density at radius 1 is 0.870 bits per heavy atom. The molecule has 23 heavy (non-hydrogen) atoms. The van der Waals surface area contributed by atoms with E-state index in [2.05, 4.69) is 9.55 Å². The summed E-state index contributed by atoms with van der Waals surface area (Å²) in [5, 5.41) is 0. The van der Waals surface area contributed by atoms with Crippen molar-refractivity contribution < 1.29 is 4.39 Å². The van der Waals surface area contributed by atoms with Gasteiger partial charge in [0.05, 0.1) is 0 Å². The molecule has 112 valence electrons. The third-order valence-corrected chi connectivity index (χ3v) is 3.78. The molecule has 0 atom stereocenters. The number of pyridine rings is 1. The first-order valence-electron chi connectivity index (χ1n) is 7.43. The van der Waals surface area contributed by atoms with Gasteiger partial charge in [0.25, 0.3) is 0 Å². The van der Waals surface area contributed by atoms with Crippen LogP contribution in [0.1, 0.15) is 11.4 Å². The summed E-state index contributed by atoms with van der Waals surface area (Å²) < 4.78 is 15.2. The molecule has 0 N–H and O–H groups in total. The molecule has 0 aliphatic heterocycles. The lowest BCUT2D eigenvalue weighted by atomic mass is 10.1. The molecule has 0 spiro atoms. The zero-order valence-electron chi connectivity index (χ0n) is 12.4. The number of benzene rings is 2. The van der Waals surface area contributed by atoms with Gasteiger partial charge in [0.15, 0.2) is 5.65 Å². The summed E-state index contributed by atoms with van der Waals surface area (Å²) in [5.41, 5.74) is 3.72. The first-order valence-corrected chi connectivity index (χ1v) is 7.43. The van der Waals surface area contributed by atoms with E-state index in [9.17, 15) is 4.39 Å². The van der Waals surface area contributed by atoms with Crippen LogP contribution in [-0.4, -0.2) is 14.5 Å². The summed E-state index contributed by atoms with van der Waals surface area (Å²) in [6.45, 7) is 0. The van der Waals surface area contributed by atoms with E-state index < -0.39 is 0 Å². The molecule has 0 aliphatic carbocycles. The Morgan fingerprint density at radius 3 is 2.43 bits per heavy atom. The number of rotatable bonds is 3. The first kappa shape index (κ1) is 13.6. The van der Waals surface area contributed by atoms with Crippen molar-refractivity contribution in [3.05, 3.63) is 90.1 Å². The third-order valence-electron chi connectivity index (χ3n) is 3.78. The van der Waals surface area contributed by atoms with Crippen LogP contribution in [0.25, 0.3) is 16.9 Å². The van der Waals surface area contributed by atoms with Crippen LogP contribution in [0.5, 0.6) is 0 Å². The predicted molar refractivity (Wildman–Crippen MR) is 88.1 cm³/mol. The Hall–Kier alpha value is -3.01. The molecule has 0 aliphatic rings. The highest BCUT2D eigenvalue weighted by Gasteiger charge is 2.13. The SMILES string of the molecule is Fc1ccc(Cc2nc3cccnc3n2-c2ccccc2)cc1. The van der Waals surface area contributed by atoms with Gasteiger partial charge in [-0.3, -0.25) is 4.57 Å². The molecule has 0 bridgehead atoms. The summed E-state index contributed by atoms with van der Waals surface area (Å²) in [5.74, 6) is 0.656. The third kappa shape index (κ3) is 2.59. The van der Waals surface area contributed by atoms with Crippen LogP contribution in [0.2, 0.25) is 0 Å². The Balaban J connectivity index is 1.87. The number of imidazole rings is 1. The summed E-state index contributed by atoms with van der Waals surface area (Å²) in [6, 6.07) is 20.4. The molecular weight excluding hydrogens is 289 g/mol. The average Bonchev–Trinajstić information content (AvgIpc) is 2.95. The molecule has 4 aromatic rings. The summed E-state index contributed by atoms with van der Waals surface area (Å²) >= 11 is 0. The number of para-hydroxylation sites is 1. The standard InChI is InChI=1S/C19H14FN3/c20-15-10-8-14(9-11-15)13-18-22-17-7-4-12-21-19(17)23(18)16-5-2-1-3-6-16/h1-12H,13H2. The van der Waals surface area contributed by atoms with Crippen LogP contribution < -0.4 is 0 Å². The Kier molecular flexibility index (Phi) is 3.35. The topological polar surface area (TPSA) is 30.7 Å². The maximum Gasteiger partial charge on any atom is 0.164 e. The van der Waals surface area contributed by atoms with Gasteiger partial charge >= 0.3 is 0 Å². The highest BCUT2D eigenvalue weighted by Crippen LogP contribution is 2.21. The van der Waals surface area contributed by atoms with Crippen molar-refractivity contribution in [3.63, 3.8) is 0 Å². The number of aromatic nitrogens is 3. The summed E-state index contributed by atoms with van der Waals surface area (Å²) in [6.07, 6.45) is 2.39. The zero-order chi connectivity index (χ0) is 15.6. The van der Waals surface area contributed by atoms with E-state index in [1.807, 2.05) is 42.5 Å². The number of halogens is 1. The highest BCUT2D eigenvalue weighted by molar-refractivity contribution is 5.73. The van der Waals surface area contributed by atoms with Crippen molar-refractivity contribution in [2.45, 2.75) is 6.42 Å². The smallest absolute Gasteiger partial charge is 0.164 e. The fraction of sp³-hybridized carbons (Fsp3) is 0.0526. The minimum absolute atomic E-state index is 0.230. The molecule has 2 aromatic carbocycles. The van der Waals surface area contributed by atoms with E-state index in [4.69, 9.17) is 4.98 Å². The maximum atomic E-state index is 13.1.